The number of thiocarbonyl (C=S) groups is 1. The van der Waals surface area contributed by atoms with Gasteiger partial charge in [0.15, 0.2) is 16.6 Å². The van der Waals surface area contributed by atoms with Crippen molar-refractivity contribution in [2.45, 2.75) is 6.42 Å². The van der Waals surface area contributed by atoms with Gasteiger partial charge in [0, 0.05) is 44.0 Å². The van der Waals surface area contributed by atoms with Crippen molar-refractivity contribution in [1.82, 2.24) is 9.88 Å². The van der Waals surface area contributed by atoms with Gasteiger partial charge >= 0.3 is 0 Å². The third-order valence-corrected chi connectivity index (χ3v) is 5.03. The zero-order valence-electron chi connectivity index (χ0n) is 15.0. The van der Waals surface area contributed by atoms with Crippen LogP contribution in [0.2, 0.25) is 0 Å². The first-order chi connectivity index (χ1) is 13.6. The first-order valence-electron chi connectivity index (χ1n) is 8.91. The number of nitrogens with one attached hydrogen (secondary N) is 1. The molecule has 28 heavy (non-hydrogen) atoms. The van der Waals surface area contributed by atoms with Gasteiger partial charge < -0.3 is 24.6 Å². The Labute approximate surface area is 167 Å². The summed E-state index contributed by atoms with van der Waals surface area (Å²) in [5.41, 5.74) is 0.849. The molecule has 2 aliphatic rings. The zero-order valence-corrected chi connectivity index (χ0v) is 15.9. The van der Waals surface area contributed by atoms with E-state index in [4.69, 9.17) is 21.7 Å². The molecule has 10 heteroatoms. The highest BCUT2D eigenvalue weighted by atomic mass is 32.1. The number of pyridine rings is 1. The van der Waals surface area contributed by atoms with Crippen LogP contribution >= 0.6 is 12.2 Å². The monoisotopic (exact) mass is 401 g/mol. The summed E-state index contributed by atoms with van der Waals surface area (Å²) in [6.07, 6.45) is 2.20. The molecule has 0 radical (unpaired) electrons. The third kappa shape index (κ3) is 3.91. The third-order valence-electron chi connectivity index (χ3n) is 4.67. The highest BCUT2D eigenvalue weighted by Crippen LogP contribution is 2.34. The molecule has 0 aliphatic carbocycles. The molecule has 1 aromatic carbocycles. The van der Waals surface area contributed by atoms with Gasteiger partial charge in [-0.2, -0.15) is 0 Å². The van der Waals surface area contributed by atoms with Crippen LogP contribution in [-0.4, -0.2) is 52.9 Å². The van der Waals surface area contributed by atoms with Crippen LogP contribution in [0.15, 0.2) is 36.5 Å². The van der Waals surface area contributed by atoms with Gasteiger partial charge in [-0.25, -0.2) is 4.98 Å². The van der Waals surface area contributed by atoms with Crippen molar-refractivity contribution in [3.8, 4) is 11.5 Å². The van der Waals surface area contributed by atoms with Crippen molar-refractivity contribution < 1.29 is 14.4 Å². The molecule has 2 aromatic rings. The lowest BCUT2D eigenvalue weighted by atomic mass is 10.3. The molecule has 0 atom stereocenters. The topological polar surface area (TPSA) is 93.0 Å². The summed E-state index contributed by atoms with van der Waals surface area (Å²) in [5, 5.41) is 14.7. The smallest absolute Gasteiger partial charge is 0.287 e. The maximum absolute atomic E-state index is 10.8. The van der Waals surface area contributed by atoms with Crippen molar-refractivity contribution >= 4 is 34.5 Å². The number of benzene rings is 1. The lowest BCUT2D eigenvalue weighted by Gasteiger charge is -2.25. The second kappa shape index (κ2) is 7.85. The quantitative estimate of drug-likeness (QED) is 0.473. The Hall–Kier alpha value is -3.14. The second-order valence-electron chi connectivity index (χ2n) is 6.46. The molecule has 1 N–H and O–H groups in total. The van der Waals surface area contributed by atoms with E-state index < -0.39 is 4.92 Å². The molecular weight excluding hydrogens is 382 g/mol. The van der Waals surface area contributed by atoms with Crippen LogP contribution in [0.4, 0.5) is 17.2 Å². The fourth-order valence-electron chi connectivity index (χ4n) is 3.20. The van der Waals surface area contributed by atoms with Gasteiger partial charge in [0.25, 0.3) is 5.69 Å². The molecule has 1 fully saturated rings. The largest absolute Gasteiger partial charge is 0.454 e. The lowest BCUT2D eigenvalue weighted by molar-refractivity contribution is -0.385. The molecule has 1 saturated heterocycles. The molecule has 0 saturated carbocycles. The Balaban J connectivity index is 1.36. The fourth-order valence-corrected chi connectivity index (χ4v) is 3.50. The lowest BCUT2D eigenvalue weighted by Crippen LogP contribution is -2.38. The van der Waals surface area contributed by atoms with E-state index in [-0.39, 0.29) is 12.5 Å². The van der Waals surface area contributed by atoms with Crippen LogP contribution in [0.25, 0.3) is 0 Å². The van der Waals surface area contributed by atoms with Crippen LogP contribution in [-0.2, 0) is 0 Å². The van der Waals surface area contributed by atoms with E-state index in [0.717, 1.165) is 49.9 Å². The highest BCUT2D eigenvalue weighted by molar-refractivity contribution is 7.80. The molecule has 2 aliphatic heterocycles. The molecule has 4 rings (SSSR count). The summed E-state index contributed by atoms with van der Waals surface area (Å²) in [7, 11) is 0. The Morgan fingerprint density at radius 3 is 2.79 bits per heavy atom. The van der Waals surface area contributed by atoms with Crippen molar-refractivity contribution in [3.63, 3.8) is 0 Å². The SMILES string of the molecule is O=[N+]([O-])c1ccc(N2CCCN(C(=S)Nc3ccc4c(c3)OCO4)CC2)nc1. The van der Waals surface area contributed by atoms with Crippen molar-refractivity contribution in [2.24, 2.45) is 0 Å². The number of hydrogen-bond donors (Lipinski definition) is 1. The summed E-state index contributed by atoms with van der Waals surface area (Å²) in [6.45, 7) is 3.33. The van der Waals surface area contributed by atoms with Gasteiger partial charge in [-0.05, 0) is 36.8 Å². The molecule has 3 heterocycles. The number of nitro groups is 1. The van der Waals surface area contributed by atoms with E-state index in [0.29, 0.717) is 10.9 Å². The van der Waals surface area contributed by atoms with Crippen LogP contribution in [0.3, 0.4) is 0 Å². The molecule has 0 amide bonds. The predicted octanol–water partition coefficient (Wildman–Crippen LogP) is 2.63. The van der Waals surface area contributed by atoms with Gasteiger partial charge in [0.05, 0.1) is 4.92 Å². The number of aromatic nitrogens is 1. The van der Waals surface area contributed by atoms with Gasteiger partial charge in [-0.15, -0.1) is 0 Å². The number of anilines is 2. The van der Waals surface area contributed by atoms with Gasteiger partial charge in [0.2, 0.25) is 6.79 Å². The van der Waals surface area contributed by atoms with Crippen LogP contribution in [0.5, 0.6) is 11.5 Å². The number of fused-ring (bicyclic) bond motifs is 1. The van der Waals surface area contributed by atoms with E-state index in [9.17, 15) is 10.1 Å². The van der Waals surface area contributed by atoms with Crippen molar-refractivity contribution in [2.75, 3.05) is 43.2 Å². The molecule has 0 bridgehead atoms. The average Bonchev–Trinajstić information content (AvgIpc) is 3.02. The summed E-state index contributed by atoms with van der Waals surface area (Å²) in [6, 6.07) is 8.82. The van der Waals surface area contributed by atoms with Crippen molar-refractivity contribution in [1.29, 1.82) is 0 Å². The molecule has 1 aromatic heterocycles. The van der Waals surface area contributed by atoms with E-state index in [1.54, 1.807) is 6.07 Å². The molecule has 0 unspecified atom stereocenters. The minimum atomic E-state index is -0.443. The summed E-state index contributed by atoms with van der Waals surface area (Å²) in [4.78, 5) is 18.8. The maximum Gasteiger partial charge on any atom is 0.287 e. The fraction of sp³-hybridized carbons (Fsp3) is 0.333. The number of nitrogens with zero attached hydrogens (tertiary/aromatic N) is 4. The first-order valence-corrected chi connectivity index (χ1v) is 9.32. The molecule has 146 valence electrons. The normalized spacial score (nSPS) is 15.9. The number of ether oxygens (including phenoxy) is 2. The van der Waals surface area contributed by atoms with Gasteiger partial charge in [-0.1, -0.05) is 0 Å². The van der Waals surface area contributed by atoms with Gasteiger partial charge in [0.1, 0.15) is 12.0 Å². The highest BCUT2D eigenvalue weighted by Gasteiger charge is 2.20. The minimum Gasteiger partial charge on any atom is -0.454 e. The van der Waals surface area contributed by atoms with E-state index >= 15 is 0 Å². The Morgan fingerprint density at radius 2 is 2.00 bits per heavy atom. The van der Waals surface area contributed by atoms with Crippen LogP contribution in [0, 0.1) is 10.1 Å². The summed E-state index contributed by atoms with van der Waals surface area (Å²) < 4.78 is 10.7. The van der Waals surface area contributed by atoms with Crippen molar-refractivity contribution in [3.05, 3.63) is 46.6 Å². The Bertz CT molecular complexity index is 892. The molecular formula is C18H19N5O4S. The van der Waals surface area contributed by atoms with E-state index in [1.165, 1.54) is 12.3 Å². The average molecular weight is 401 g/mol. The Morgan fingerprint density at radius 1 is 1.14 bits per heavy atom. The number of rotatable bonds is 3. The van der Waals surface area contributed by atoms with E-state index in [2.05, 4.69) is 20.1 Å². The molecule has 0 spiro atoms. The minimum absolute atomic E-state index is 0.00528. The molecule has 9 nitrogen and oxygen atoms in total. The van der Waals surface area contributed by atoms with Crippen LogP contribution < -0.4 is 19.7 Å². The zero-order chi connectivity index (χ0) is 19.5. The first kappa shape index (κ1) is 18.2. The second-order valence-corrected chi connectivity index (χ2v) is 6.84. The predicted molar refractivity (Wildman–Crippen MR) is 108 cm³/mol. The Kier molecular flexibility index (Phi) is 5.11. The standard InChI is InChI=1S/C18H19N5O4S/c24-23(25)14-3-5-17(19-11-14)21-6-1-7-22(9-8-21)18(28)20-13-2-4-15-16(10-13)27-12-26-15/h2-5,10-11H,1,6-9,12H2,(H,20,28). The van der Waals surface area contributed by atoms with Gasteiger partial charge in [-0.3, -0.25) is 10.1 Å². The summed E-state index contributed by atoms with van der Waals surface area (Å²) in [5.74, 6) is 2.18. The summed E-state index contributed by atoms with van der Waals surface area (Å²) >= 11 is 5.58. The van der Waals surface area contributed by atoms with Crippen LogP contribution in [0.1, 0.15) is 6.42 Å². The maximum atomic E-state index is 10.8. The number of hydrogen-bond acceptors (Lipinski definition) is 7. The van der Waals surface area contributed by atoms with E-state index in [1.807, 2.05) is 18.2 Å².